The molecule has 2 rings (SSSR count). The molecule has 2 aromatic carbocycles. The van der Waals surface area contributed by atoms with Crippen LogP contribution in [-0.4, -0.2) is 8.42 Å². The first-order valence-corrected chi connectivity index (χ1v) is 8.59. The minimum atomic E-state index is -3.96. The highest BCUT2D eigenvalue weighted by molar-refractivity contribution is 8.13. The van der Waals surface area contributed by atoms with Crippen LogP contribution in [0.2, 0.25) is 5.02 Å². The van der Waals surface area contributed by atoms with E-state index in [1.165, 1.54) is 30.3 Å². The number of rotatable bonds is 4. The first kappa shape index (κ1) is 16.1. The normalized spacial score (nSPS) is 11.4. The third-order valence-corrected chi connectivity index (χ3v) is 4.49. The van der Waals surface area contributed by atoms with Gasteiger partial charge in [0.2, 0.25) is 0 Å². The second-order valence-corrected chi connectivity index (χ2v) is 7.32. The van der Waals surface area contributed by atoms with Crippen LogP contribution in [0.3, 0.4) is 0 Å². The molecule has 3 nitrogen and oxygen atoms in total. The van der Waals surface area contributed by atoms with Gasteiger partial charge in [0.1, 0.15) is 23.1 Å². The molecule has 0 bridgehead atoms. The number of hydrogen-bond donors (Lipinski definition) is 0. The Morgan fingerprint density at radius 3 is 2.57 bits per heavy atom. The van der Waals surface area contributed by atoms with Crippen LogP contribution < -0.4 is 4.74 Å². The molecule has 21 heavy (non-hydrogen) atoms. The summed E-state index contributed by atoms with van der Waals surface area (Å²) in [6, 6.07) is 8.78. The van der Waals surface area contributed by atoms with E-state index >= 15 is 0 Å². The molecule has 7 heteroatoms. The molecule has 0 saturated carbocycles. The molecule has 0 unspecified atom stereocenters. The van der Waals surface area contributed by atoms with E-state index in [-0.39, 0.29) is 27.8 Å². The molecule has 0 fully saturated rings. The Labute approximate surface area is 131 Å². The summed E-state index contributed by atoms with van der Waals surface area (Å²) in [7, 11) is 1.41. The SMILES string of the molecule is Cc1ccc(OCc2c(F)cccc2Cl)c(S(=O)(=O)Cl)c1. The first-order chi connectivity index (χ1) is 9.79. The summed E-state index contributed by atoms with van der Waals surface area (Å²) >= 11 is 5.89. The van der Waals surface area contributed by atoms with E-state index < -0.39 is 14.9 Å². The number of halogens is 3. The maximum absolute atomic E-state index is 13.6. The number of hydrogen-bond acceptors (Lipinski definition) is 3. The van der Waals surface area contributed by atoms with Gasteiger partial charge < -0.3 is 4.74 Å². The van der Waals surface area contributed by atoms with E-state index in [1.54, 1.807) is 13.0 Å². The molecule has 0 amide bonds. The van der Waals surface area contributed by atoms with Gasteiger partial charge in [-0.15, -0.1) is 0 Å². The third kappa shape index (κ3) is 3.87. The molecule has 0 N–H and O–H groups in total. The van der Waals surface area contributed by atoms with E-state index in [1.807, 2.05) is 0 Å². The number of benzene rings is 2. The Morgan fingerprint density at radius 2 is 1.95 bits per heavy atom. The van der Waals surface area contributed by atoms with Crippen molar-refractivity contribution in [1.29, 1.82) is 0 Å². The van der Waals surface area contributed by atoms with E-state index in [9.17, 15) is 12.8 Å². The molecule has 0 aliphatic heterocycles. The fraction of sp³-hybridized carbons (Fsp3) is 0.143. The van der Waals surface area contributed by atoms with Gasteiger partial charge in [-0.2, -0.15) is 0 Å². The van der Waals surface area contributed by atoms with Crippen molar-refractivity contribution in [3.63, 3.8) is 0 Å². The predicted octanol–water partition coefficient (Wildman–Crippen LogP) is 4.29. The molecule has 0 saturated heterocycles. The minimum absolute atomic E-state index is 0.0509. The van der Waals surface area contributed by atoms with Gasteiger partial charge in [-0.05, 0) is 36.8 Å². The van der Waals surface area contributed by atoms with Gasteiger partial charge in [-0.1, -0.05) is 23.7 Å². The van der Waals surface area contributed by atoms with Crippen molar-refractivity contribution < 1.29 is 17.5 Å². The standard InChI is InChI=1S/C14H11Cl2FO3S/c1-9-5-6-13(14(7-9)21(16,18)19)20-8-10-11(15)3-2-4-12(10)17/h2-7H,8H2,1H3. The lowest BCUT2D eigenvalue weighted by molar-refractivity contribution is 0.292. The van der Waals surface area contributed by atoms with Crippen molar-refractivity contribution in [2.45, 2.75) is 18.4 Å². The highest BCUT2D eigenvalue weighted by atomic mass is 35.7. The van der Waals surface area contributed by atoms with Crippen LogP contribution in [0.5, 0.6) is 5.75 Å². The van der Waals surface area contributed by atoms with Gasteiger partial charge in [0.05, 0.1) is 5.02 Å². The van der Waals surface area contributed by atoms with Crippen molar-refractivity contribution in [3.8, 4) is 5.75 Å². The van der Waals surface area contributed by atoms with Gasteiger partial charge in [-0.3, -0.25) is 0 Å². The Morgan fingerprint density at radius 1 is 1.24 bits per heavy atom. The number of ether oxygens (including phenoxy) is 1. The second kappa shape index (κ2) is 6.22. The van der Waals surface area contributed by atoms with E-state index in [0.717, 1.165) is 0 Å². The zero-order chi connectivity index (χ0) is 15.6. The second-order valence-electron chi connectivity index (χ2n) is 4.38. The zero-order valence-corrected chi connectivity index (χ0v) is 13.3. The van der Waals surface area contributed by atoms with E-state index in [0.29, 0.717) is 5.56 Å². The fourth-order valence-electron chi connectivity index (χ4n) is 1.75. The molecule has 0 spiro atoms. The molecule has 0 aliphatic rings. The third-order valence-electron chi connectivity index (χ3n) is 2.80. The average molecular weight is 349 g/mol. The van der Waals surface area contributed by atoms with Crippen LogP contribution >= 0.6 is 22.3 Å². The average Bonchev–Trinajstić information content (AvgIpc) is 2.38. The lowest BCUT2D eigenvalue weighted by atomic mass is 10.2. The van der Waals surface area contributed by atoms with Gasteiger partial charge in [-0.25, -0.2) is 12.8 Å². The molecule has 0 aromatic heterocycles. The first-order valence-electron chi connectivity index (χ1n) is 5.90. The van der Waals surface area contributed by atoms with Gasteiger partial charge >= 0.3 is 0 Å². The predicted molar refractivity (Wildman–Crippen MR) is 80.0 cm³/mol. The minimum Gasteiger partial charge on any atom is -0.487 e. The van der Waals surface area contributed by atoms with Gasteiger partial charge in [0.25, 0.3) is 9.05 Å². The Kier molecular flexibility index (Phi) is 4.76. The summed E-state index contributed by atoms with van der Waals surface area (Å²) in [5.41, 5.74) is 0.864. The van der Waals surface area contributed by atoms with Crippen molar-refractivity contribution in [1.82, 2.24) is 0 Å². The smallest absolute Gasteiger partial charge is 0.264 e. The van der Waals surface area contributed by atoms with Crippen molar-refractivity contribution in [3.05, 3.63) is 58.4 Å². The zero-order valence-electron chi connectivity index (χ0n) is 10.9. The lowest BCUT2D eigenvalue weighted by Gasteiger charge is -2.12. The van der Waals surface area contributed by atoms with E-state index in [2.05, 4.69) is 0 Å². The summed E-state index contributed by atoms with van der Waals surface area (Å²) in [6.45, 7) is 1.52. The summed E-state index contributed by atoms with van der Waals surface area (Å²) in [5.74, 6) is -0.472. The molecule has 0 heterocycles. The van der Waals surface area contributed by atoms with E-state index in [4.69, 9.17) is 27.0 Å². The van der Waals surface area contributed by atoms with Gasteiger partial charge in [0.15, 0.2) is 0 Å². The van der Waals surface area contributed by atoms with Crippen LogP contribution in [-0.2, 0) is 15.7 Å². The molecular weight excluding hydrogens is 338 g/mol. The van der Waals surface area contributed by atoms with Crippen molar-refractivity contribution in [2.75, 3.05) is 0 Å². The molecular formula is C14H11Cl2FO3S. The fourth-order valence-corrected chi connectivity index (χ4v) is 3.02. The van der Waals surface area contributed by atoms with Crippen molar-refractivity contribution in [2.24, 2.45) is 0 Å². The van der Waals surface area contributed by atoms with Crippen LogP contribution in [0.15, 0.2) is 41.3 Å². The van der Waals surface area contributed by atoms with Crippen LogP contribution in [0.25, 0.3) is 0 Å². The highest BCUT2D eigenvalue weighted by Crippen LogP contribution is 2.29. The quantitative estimate of drug-likeness (QED) is 0.774. The van der Waals surface area contributed by atoms with Crippen LogP contribution in [0, 0.1) is 12.7 Å². The molecule has 2 aromatic rings. The summed E-state index contributed by atoms with van der Waals surface area (Å²) in [6.07, 6.45) is 0. The maximum atomic E-state index is 13.6. The summed E-state index contributed by atoms with van der Waals surface area (Å²) < 4.78 is 42.1. The largest absolute Gasteiger partial charge is 0.487 e. The van der Waals surface area contributed by atoms with Gasteiger partial charge in [0, 0.05) is 16.2 Å². The Balaban J connectivity index is 2.33. The molecule has 0 aliphatic carbocycles. The molecule has 0 radical (unpaired) electrons. The summed E-state index contributed by atoms with van der Waals surface area (Å²) in [4.78, 5) is -0.156. The highest BCUT2D eigenvalue weighted by Gasteiger charge is 2.18. The van der Waals surface area contributed by atoms with Crippen LogP contribution in [0.1, 0.15) is 11.1 Å². The molecule has 0 atom stereocenters. The van der Waals surface area contributed by atoms with Crippen LogP contribution in [0.4, 0.5) is 4.39 Å². The molecule has 112 valence electrons. The Bertz CT molecular complexity index is 756. The number of aryl methyl sites for hydroxylation is 1. The maximum Gasteiger partial charge on any atom is 0.264 e. The monoisotopic (exact) mass is 348 g/mol. The van der Waals surface area contributed by atoms with Crippen molar-refractivity contribution >= 4 is 31.3 Å². The summed E-state index contributed by atoms with van der Waals surface area (Å²) in [5, 5.41) is 0.206. The lowest BCUT2D eigenvalue weighted by Crippen LogP contribution is -2.03. The topological polar surface area (TPSA) is 43.4 Å². The Hall–Kier alpha value is -1.30.